The first-order valence-corrected chi connectivity index (χ1v) is 10.0. The summed E-state index contributed by atoms with van der Waals surface area (Å²) < 4.78 is 17.3. The van der Waals surface area contributed by atoms with E-state index in [1.807, 2.05) is 25.1 Å². The van der Waals surface area contributed by atoms with Crippen molar-refractivity contribution >= 4 is 34.2 Å². The van der Waals surface area contributed by atoms with E-state index in [4.69, 9.17) is 37.1 Å². The third-order valence-electron chi connectivity index (χ3n) is 4.78. The second-order valence-corrected chi connectivity index (χ2v) is 7.62. The SMILES string of the molecule is COc1ccc(-c2oc3ccc(C)cc3c(=O)c2OCc2c(Cl)cccc2Cl)cc1. The van der Waals surface area contributed by atoms with Crippen molar-refractivity contribution in [3.05, 3.63) is 92.1 Å². The lowest BCUT2D eigenvalue weighted by Gasteiger charge is -2.13. The van der Waals surface area contributed by atoms with Crippen LogP contribution in [0.4, 0.5) is 0 Å². The molecule has 0 unspecified atom stereocenters. The summed E-state index contributed by atoms with van der Waals surface area (Å²) in [5.41, 5.74) is 2.47. The number of rotatable bonds is 5. The van der Waals surface area contributed by atoms with Crippen LogP contribution < -0.4 is 14.9 Å². The van der Waals surface area contributed by atoms with Crippen LogP contribution in [0.15, 0.2) is 69.9 Å². The molecule has 0 aliphatic heterocycles. The van der Waals surface area contributed by atoms with Crippen molar-refractivity contribution in [1.29, 1.82) is 0 Å². The maximum atomic E-state index is 13.3. The number of fused-ring (bicyclic) bond motifs is 1. The Morgan fingerprint density at radius 3 is 2.33 bits per heavy atom. The summed E-state index contributed by atoms with van der Waals surface area (Å²) in [5.74, 6) is 1.14. The van der Waals surface area contributed by atoms with Gasteiger partial charge in [0, 0.05) is 21.2 Å². The molecular weight excluding hydrogens is 423 g/mol. The molecule has 0 N–H and O–H groups in total. The summed E-state index contributed by atoms with van der Waals surface area (Å²) in [5, 5.41) is 1.39. The van der Waals surface area contributed by atoms with Gasteiger partial charge >= 0.3 is 0 Å². The van der Waals surface area contributed by atoms with E-state index < -0.39 is 0 Å². The molecule has 0 radical (unpaired) electrons. The first-order valence-electron chi connectivity index (χ1n) is 9.25. The highest BCUT2D eigenvalue weighted by atomic mass is 35.5. The van der Waals surface area contributed by atoms with Crippen molar-refractivity contribution in [2.75, 3.05) is 7.11 Å². The predicted molar refractivity (Wildman–Crippen MR) is 120 cm³/mol. The smallest absolute Gasteiger partial charge is 0.235 e. The molecule has 0 saturated carbocycles. The minimum atomic E-state index is -0.256. The third-order valence-corrected chi connectivity index (χ3v) is 5.49. The molecule has 30 heavy (non-hydrogen) atoms. The van der Waals surface area contributed by atoms with Crippen molar-refractivity contribution in [2.24, 2.45) is 0 Å². The van der Waals surface area contributed by atoms with Crippen molar-refractivity contribution in [3.63, 3.8) is 0 Å². The van der Waals surface area contributed by atoms with E-state index in [9.17, 15) is 4.79 Å². The number of hydrogen-bond donors (Lipinski definition) is 0. The molecule has 0 amide bonds. The van der Waals surface area contributed by atoms with Crippen LogP contribution in [0.5, 0.6) is 11.5 Å². The van der Waals surface area contributed by atoms with Crippen LogP contribution in [0.3, 0.4) is 0 Å². The van der Waals surface area contributed by atoms with Crippen molar-refractivity contribution < 1.29 is 13.9 Å². The van der Waals surface area contributed by atoms with Gasteiger partial charge in [0.25, 0.3) is 0 Å². The standard InChI is InChI=1S/C24H18Cl2O4/c1-14-6-11-21-17(12-14)22(27)24(29-13-18-19(25)4-3-5-20(18)26)23(30-21)15-7-9-16(28-2)10-8-15/h3-12H,13H2,1-2H3. The lowest BCUT2D eigenvalue weighted by atomic mass is 10.1. The zero-order valence-electron chi connectivity index (χ0n) is 16.4. The number of benzene rings is 3. The van der Waals surface area contributed by atoms with Gasteiger partial charge in [-0.25, -0.2) is 0 Å². The van der Waals surface area contributed by atoms with Gasteiger partial charge in [-0.15, -0.1) is 0 Å². The molecule has 0 atom stereocenters. The number of aryl methyl sites for hydroxylation is 1. The molecule has 1 aromatic heterocycles. The van der Waals surface area contributed by atoms with E-state index in [2.05, 4.69) is 0 Å². The van der Waals surface area contributed by atoms with Gasteiger partial charge in [-0.1, -0.05) is 40.9 Å². The number of ether oxygens (including phenoxy) is 2. The summed E-state index contributed by atoms with van der Waals surface area (Å²) in [4.78, 5) is 13.3. The molecule has 0 bridgehead atoms. The molecule has 0 fully saturated rings. The maximum absolute atomic E-state index is 13.3. The van der Waals surface area contributed by atoms with Crippen molar-refractivity contribution in [3.8, 4) is 22.8 Å². The second kappa shape index (κ2) is 8.42. The summed E-state index contributed by atoms with van der Waals surface area (Å²) in [7, 11) is 1.59. The highest BCUT2D eigenvalue weighted by Gasteiger charge is 2.19. The molecule has 4 rings (SSSR count). The highest BCUT2D eigenvalue weighted by molar-refractivity contribution is 6.35. The minimum Gasteiger partial charge on any atom is -0.497 e. The molecule has 0 aliphatic rings. The average Bonchev–Trinajstić information content (AvgIpc) is 2.75. The largest absolute Gasteiger partial charge is 0.497 e. The Balaban J connectivity index is 1.86. The number of methoxy groups -OCH3 is 1. The molecule has 152 valence electrons. The average molecular weight is 441 g/mol. The van der Waals surface area contributed by atoms with Crippen LogP contribution >= 0.6 is 23.2 Å². The minimum absolute atomic E-state index is 0.0315. The monoisotopic (exact) mass is 440 g/mol. The van der Waals surface area contributed by atoms with Crippen LogP contribution in [0.2, 0.25) is 10.0 Å². The zero-order chi connectivity index (χ0) is 21.3. The number of hydrogen-bond acceptors (Lipinski definition) is 4. The Hall–Kier alpha value is -2.95. The fourth-order valence-electron chi connectivity index (χ4n) is 3.17. The van der Waals surface area contributed by atoms with Gasteiger partial charge in [0.1, 0.15) is 17.9 Å². The van der Waals surface area contributed by atoms with Crippen molar-refractivity contribution in [2.45, 2.75) is 13.5 Å². The third kappa shape index (κ3) is 3.89. The van der Waals surface area contributed by atoms with Crippen LogP contribution in [0, 0.1) is 6.92 Å². The van der Waals surface area contributed by atoms with Gasteiger partial charge in [-0.05, 0) is 55.5 Å². The maximum Gasteiger partial charge on any atom is 0.235 e. The lowest BCUT2D eigenvalue weighted by molar-refractivity contribution is 0.298. The molecule has 4 aromatic rings. The van der Waals surface area contributed by atoms with Crippen LogP contribution in [0.25, 0.3) is 22.3 Å². The summed E-state index contributed by atoms with van der Waals surface area (Å²) in [6, 6.07) is 17.9. The molecule has 0 spiro atoms. The Morgan fingerprint density at radius 1 is 0.967 bits per heavy atom. The van der Waals surface area contributed by atoms with E-state index in [0.29, 0.717) is 43.7 Å². The van der Waals surface area contributed by atoms with E-state index >= 15 is 0 Å². The van der Waals surface area contributed by atoms with Crippen LogP contribution in [0.1, 0.15) is 11.1 Å². The Bertz CT molecular complexity index is 1260. The Morgan fingerprint density at radius 2 is 1.67 bits per heavy atom. The second-order valence-electron chi connectivity index (χ2n) is 6.81. The molecule has 3 aromatic carbocycles. The van der Waals surface area contributed by atoms with Crippen LogP contribution in [-0.4, -0.2) is 7.11 Å². The fraction of sp³-hybridized carbons (Fsp3) is 0.125. The quantitative estimate of drug-likeness (QED) is 0.347. The number of halogens is 2. The zero-order valence-corrected chi connectivity index (χ0v) is 17.9. The van der Waals surface area contributed by atoms with E-state index in [1.54, 1.807) is 49.6 Å². The van der Waals surface area contributed by atoms with E-state index in [-0.39, 0.29) is 17.8 Å². The van der Waals surface area contributed by atoms with Gasteiger partial charge < -0.3 is 13.9 Å². The Kier molecular flexibility index (Phi) is 5.71. The highest BCUT2D eigenvalue weighted by Crippen LogP contribution is 2.34. The van der Waals surface area contributed by atoms with Crippen molar-refractivity contribution in [1.82, 2.24) is 0 Å². The first-order chi connectivity index (χ1) is 14.5. The molecule has 6 heteroatoms. The predicted octanol–water partition coefficient (Wildman–Crippen LogP) is 6.66. The van der Waals surface area contributed by atoms with E-state index in [0.717, 1.165) is 5.56 Å². The van der Waals surface area contributed by atoms with E-state index in [1.165, 1.54) is 0 Å². The normalized spacial score (nSPS) is 10.9. The lowest BCUT2D eigenvalue weighted by Crippen LogP contribution is -2.11. The fourth-order valence-corrected chi connectivity index (χ4v) is 3.68. The summed E-state index contributed by atoms with van der Waals surface area (Å²) in [6.07, 6.45) is 0. The Labute approximate surface area is 183 Å². The van der Waals surface area contributed by atoms with Crippen LogP contribution in [-0.2, 0) is 6.61 Å². The summed E-state index contributed by atoms with van der Waals surface area (Å²) in [6.45, 7) is 1.95. The van der Waals surface area contributed by atoms with Gasteiger partial charge in [0.2, 0.25) is 11.2 Å². The van der Waals surface area contributed by atoms with Gasteiger partial charge in [0.05, 0.1) is 12.5 Å². The topological polar surface area (TPSA) is 48.7 Å². The first kappa shape index (κ1) is 20.3. The molecule has 0 saturated heterocycles. The molecule has 1 heterocycles. The molecular formula is C24H18Cl2O4. The molecule has 0 aliphatic carbocycles. The van der Waals surface area contributed by atoms with Gasteiger partial charge in [0.15, 0.2) is 5.76 Å². The molecule has 4 nitrogen and oxygen atoms in total. The van der Waals surface area contributed by atoms with Gasteiger partial charge in [-0.2, -0.15) is 0 Å². The van der Waals surface area contributed by atoms with Gasteiger partial charge in [-0.3, -0.25) is 4.79 Å². The summed E-state index contributed by atoms with van der Waals surface area (Å²) >= 11 is 12.5.